The number of ether oxygens (including phenoxy) is 2. The predicted octanol–water partition coefficient (Wildman–Crippen LogP) is 4.89. The second-order valence-corrected chi connectivity index (χ2v) is 8.26. The van der Waals surface area contributed by atoms with Gasteiger partial charge in [0.25, 0.3) is 5.91 Å². The van der Waals surface area contributed by atoms with Gasteiger partial charge in [-0.3, -0.25) is 4.79 Å². The number of para-hydroxylation sites is 1. The van der Waals surface area contributed by atoms with Gasteiger partial charge in [-0.05, 0) is 42.3 Å². The Bertz CT molecular complexity index is 1610. The molecule has 2 N–H and O–H groups in total. The van der Waals surface area contributed by atoms with Crippen molar-refractivity contribution in [2.45, 2.75) is 12.6 Å². The zero-order valence-corrected chi connectivity index (χ0v) is 19.9. The highest BCUT2D eigenvalue weighted by Gasteiger charge is 2.35. The number of carbonyl (C=O) groups is 1. The van der Waals surface area contributed by atoms with Crippen LogP contribution in [0.25, 0.3) is 27.8 Å². The molecule has 8 nitrogen and oxygen atoms in total. The Morgan fingerprint density at radius 3 is 2.59 bits per heavy atom. The fraction of sp³-hybridized carbons (Fsp3) is 0.192. The molecule has 190 valence electrons. The van der Waals surface area contributed by atoms with Crippen LogP contribution in [0.4, 0.5) is 13.2 Å². The Kier molecular flexibility index (Phi) is 6.20. The van der Waals surface area contributed by atoms with Crippen molar-refractivity contribution in [3.05, 3.63) is 77.7 Å². The van der Waals surface area contributed by atoms with Crippen molar-refractivity contribution in [3.8, 4) is 22.8 Å². The van der Waals surface area contributed by atoms with Crippen LogP contribution in [0, 0.1) is 0 Å². The average Bonchev–Trinajstić information content (AvgIpc) is 3.51. The molecule has 3 aromatic heterocycles. The largest absolute Gasteiger partial charge is 0.493 e. The molecule has 0 radical (unpaired) electrons. The molecule has 0 bridgehead atoms. The fourth-order valence-electron chi connectivity index (χ4n) is 4.17. The lowest BCUT2D eigenvalue weighted by Crippen LogP contribution is -2.26. The van der Waals surface area contributed by atoms with E-state index in [0.29, 0.717) is 28.0 Å². The van der Waals surface area contributed by atoms with E-state index >= 15 is 0 Å². The maximum atomic E-state index is 13.9. The highest BCUT2D eigenvalue weighted by atomic mass is 19.4. The lowest BCUT2D eigenvalue weighted by atomic mass is 10.1. The number of carbonyl (C=O) groups excluding carboxylic acids is 1. The van der Waals surface area contributed by atoms with E-state index in [1.807, 2.05) is 30.5 Å². The molecule has 5 aromatic rings. The number of nitrogens with zero attached hydrogens (tertiary/aromatic N) is 3. The van der Waals surface area contributed by atoms with Crippen molar-refractivity contribution in [1.29, 1.82) is 0 Å². The minimum atomic E-state index is -4.73. The summed E-state index contributed by atoms with van der Waals surface area (Å²) in [6.07, 6.45) is -2.32. The Morgan fingerprint density at radius 1 is 1.05 bits per heavy atom. The van der Waals surface area contributed by atoms with Crippen LogP contribution in [0.15, 0.2) is 60.8 Å². The summed E-state index contributed by atoms with van der Waals surface area (Å²) >= 11 is 0. The fourth-order valence-corrected chi connectivity index (χ4v) is 4.17. The van der Waals surface area contributed by atoms with Crippen LogP contribution >= 0.6 is 0 Å². The Morgan fingerprint density at radius 2 is 1.84 bits per heavy atom. The molecule has 0 aliphatic carbocycles. The summed E-state index contributed by atoms with van der Waals surface area (Å²) in [6, 6.07) is 14.6. The van der Waals surface area contributed by atoms with E-state index in [1.54, 1.807) is 12.1 Å². The lowest BCUT2D eigenvalue weighted by molar-refractivity contribution is -0.142. The first-order chi connectivity index (χ1) is 17.8. The summed E-state index contributed by atoms with van der Waals surface area (Å²) in [5.41, 5.74) is 1.11. The van der Waals surface area contributed by atoms with Gasteiger partial charge in [0, 0.05) is 35.3 Å². The molecule has 0 aliphatic heterocycles. The number of hydrogen-bond donors (Lipinski definition) is 2. The van der Waals surface area contributed by atoms with Gasteiger partial charge in [-0.2, -0.15) is 18.3 Å². The number of H-pyrrole nitrogens is 1. The first-order valence-electron chi connectivity index (χ1n) is 11.3. The maximum absolute atomic E-state index is 13.9. The maximum Gasteiger partial charge on any atom is 0.433 e. The molecule has 0 atom stereocenters. The van der Waals surface area contributed by atoms with Crippen molar-refractivity contribution in [2.75, 3.05) is 20.8 Å². The van der Waals surface area contributed by atoms with Gasteiger partial charge in [0.1, 0.15) is 0 Å². The molecule has 0 saturated heterocycles. The van der Waals surface area contributed by atoms with E-state index in [0.717, 1.165) is 22.5 Å². The quantitative estimate of drug-likeness (QED) is 0.326. The van der Waals surface area contributed by atoms with Gasteiger partial charge in [-0.15, -0.1) is 0 Å². The molecule has 0 unspecified atom stereocenters. The van der Waals surface area contributed by atoms with Gasteiger partial charge in [-0.25, -0.2) is 9.50 Å². The summed E-state index contributed by atoms with van der Waals surface area (Å²) in [7, 11) is 2.89. The summed E-state index contributed by atoms with van der Waals surface area (Å²) in [5, 5.41) is 7.69. The molecule has 0 spiro atoms. The Hall–Kier alpha value is -4.54. The molecule has 0 aliphatic rings. The zero-order chi connectivity index (χ0) is 26.2. The number of benzene rings is 2. The van der Waals surface area contributed by atoms with E-state index in [4.69, 9.17) is 9.47 Å². The predicted molar refractivity (Wildman–Crippen MR) is 131 cm³/mol. The summed E-state index contributed by atoms with van der Waals surface area (Å²) in [6.45, 7) is 0.283. The molecule has 11 heteroatoms. The molecule has 0 fully saturated rings. The molecule has 3 heterocycles. The van der Waals surface area contributed by atoms with Crippen molar-refractivity contribution < 1.29 is 27.4 Å². The van der Waals surface area contributed by atoms with Crippen molar-refractivity contribution in [2.24, 2.45) is 0 Å². The number of aromatic nitrogens is 4. The van der Waals surface area contributed by atoms with Gasteiger partial charge in [0.15, 0.2) is 28.5 Å². The zero-order valence-electron chi connectivity index (χ0n) is 19.9. The molecular weight excluding hydrogens is 487 g/mol. The van der Waals surface area contributed by atoms with Crippen molar-refractivity contribution in [3.63, 3.8) is 0 Å². The van der Waals surface area contributed by atoms with Crippen LogP contribution in [-0.4, -0.2) is 46.3 Å². The number of hydrogen-bond acceptors (Lipinski definition) is 5. The van der Waals surface area contributed by atoms with E-state index in [9.17, 15) is 18.0 Å². The molecular formula is C26H22F3N5O3. The van der Waals surface area contributed by atoms with Gasteiger partial charge >= 0.3 is 6.18 Å². The normalized spacial score (nSPS) is 11.7. The number of methoxy groups -OCH3 is 2. The van der Waals surface area contributed by atoms with E-state index < -0.39 is 17.8 Å². The van der Waals surface area contributed by atoms with Crippen LogP contribution < -0.4 is 14.8 Å². The number of aromatic amines is 1. The Labute approximate surface area is 209 Å². The summed E-state index contributed by atoms with van der Waals surface area (Å²) in [4.78, 5) is 20.2. The van der Waals surface area contributed by atoms with E-state index in [2.05, 4.69) is 20.4 Å². The van der Waals surface area contributed by atoms with Gasteiger partial charge in [0.2, 0.25) is 0 Å². The van der Waals surface area contributed by atoms with Crippen LogP contribution in [-0.2, 0) is 12.6 Å². The molecule has 0 saturated carbocycles. The third-order valence-electron chi connectivity index (χ3n) is 5.98. The van der Waals surface area contributed by atoms with Gasteiger partial charge < -0.3 is 19.8 Å². The highest BCUT2D eigenvalue weighted by Crippen LogP contribution is 2.35. The minimum Gasteiger partial charge on any atom is -0.493 e. The molecule has 37 heavy (non-hydrogen) atoms. The highest BCUT2D eigenvalue weighted by molar-refractivity contribution is 5.93. The van der Waals surface area contributed by atoms with Gasteiger partial charge in [0.05, 0.1) is 19.9 Å². The topological polar surface area (TPSA) is 93.5 Å². The second-order valence-electron chi connectivity index (χ2n) is 8.26. The van der Waals surface area contributed by atoms with Crippen molar-refractivity contribution in [1.82, 2.24) is 24.9 Å². The Balaban J connectivity index is 1.43. The van der Waals surface area contributed by atoms with Crippen LogP contribution in [0.3, 0.4) is 0 Å². The molecule has 1 amide bonds. The third kappa shape index (κ3) is 4.67. The monoisotopic (exact) mass is 509 g/mol. The standard InChI is InChI=1S/C26H22F3N5O3/c1-36-21-8-7-15(11-22(21)37-2)19-12-23(26(27,28)29)34-24(32-19)13-20(33-34)25(35)30-10-9-16-14-31-18-6-4-3-5-17(16)18/h3-8,11-14,31H,9-10H2,1-2H3,(H,30,35). The summed E-state index contributed by atoms with van der Waals surface area (Å²) in [5.74, 6) is 0.185. The molecule has 5 rings (SSSR count). The van der Waals surface area contributed by atoms with Crippen molar-refractivity contribution >= 4 is 22.5 Å². The van der Waals surface area contributed by atoms with E-state index in [-0.39, 0.29) is 23.6 Å². The van der Waals surface area contributed by atoms with Crippen LogP contribution in [0.2, 0.25) is 0 Å². The smallest absolute Gasteiger partial charge is 0.433 e. The average molecular weight is 509 g/mol. The number of halogens is 3. The molecule has 2 aromatic carbocycles. The second kappa shape index (κ2) is 9.49. The number of alkyl halides is 3. The van der Waals surface area contributed by atoms with Gasteiger partial charge in [-0.1, -0.05) is 18.2 Å². The number of nitrogens with one attached hydrogen (secondary N) is 2. The SMILES string of the molecule is COc1ccc(-c2cc(C(F)(F)F)n3nc(C(=O)NCCc4c[nH]c5ccccc45)cc3n2)cc1OC. The van der Waals surface area contributed by atoms with Crippen LogP contribution in [0.5, 0.6) is 11.5 Å². The lowest BCUT2D eigenvalue weighted by Gasteiger charge is -2.12. The third-order valence-corrected chi connectivity index (χ3v) is 5.98. The summed E-state index contributed by atoms with van der Waals surface area (Å²) < 4.78 is 52.9. The minimum absolute atomic E-state index is 0.0481. The first-order valence-corrected chi connectivity index (χ1v) is 11.3. The van der Waals surface area contributed by atoms with E-state index in [1.165, 1.54) is 26.4 Å². The van der Waals surface area contributed by atoms with Crippen LogP contribution in [0.1, 0.15) is 21.7 Å². The number of amides is 1. The number of rotatable bonds is 7. The first kappa shape index (κ1) is 24.2. The number of fused-ring (bicyclic) bond motifs is 2.